The van der Waals surface area contributed by atoms with Gasteiger partial charge in [0.05, 0.1) is 16.3 Å². The van der Waals surface area contributed by atoms with Gasteiger partial charge in [-0.2, -0.15) is 16.8 Å². The molecule has 14 nitrogen and oxygen atoms in total. The highest BCUT2D eigenvalue weighted by molar-refractivity contribution is 7.86. The maximum atomic E-state index is 12.4. The lowest BCUT2D eigenvalue weighted by Gasteiger charge is -2.18. The molecule has 0 fully saturated rings. The van der Waals surface area contributed by atoms with Gasteiger partial charge in [0.25, 0.3) is 20.2 Å². The Bertz CT molecular complexity index is 1480. The smallest absolute Gasteiger partial charge is 0.328 e. The molecule has 0 saturated heterocycles. The van der Waals surface area contributed by atoms with Crippen molar-refractivity contribution in [2.75, 3.05) is 17.2 Å². The van der Waals surface area contributed by atoms with Crippen molar-refractivity contribution < 1.29 is 45.4 Å². The minimum atomic E-state index is -4.63. The number of carbonyl (C=O) groups excluding carboxylic acids is 2. The van der Waals surface area contributed by atoms with E-state index in [0.29, 0.717) is 11.1 Å². The van der Waals surface area contributed by atoms with Crippen molar-refractivity contribution in [2.45, 2.75) is 36.6 Å². The highest BCUT2D eigenvalue weighted by Gasteiger charge is 2.23. The number of hydrogen-bond donors (Lipinski definition) is 7. The molecule has 0 aromatic heterocycles. The highest BCUT2D eigenvalue weighted by atomic mass is 35.5. The molecular weight excluding hydrogens is 556 g/mol. The zero-order valence-corrected chi connectivity index (χ0v) is 21.9. The molecular formula is C20H23ClN4O10S2. The van der Waals surface area contributed by atoms with Crippen LogP contribution in [0.4, 0.5) is 21.0 Å². The monoisotopic (exact) mass is 578 g/mol. The first-order valence-corrected chi connectivity index (χ1v) is 13.4. The van der Waals surface area contributed by atoms with Crippen LogP contribution in [0.5, 0.6) is 0 Å². The molecule has 0 saturated carbocycles. The average molecular weight is 579 g/mol. The first kappa shape index (κ1) is 29.8. The number of rotatable bonds is 8. The second-order valence-electron chi connectivity index (χ2n) is 7.76. The van der Waals surface area contributed by atoms with Crippen molar-refractivity contribution in [2.24, 2.45) is 0 Å². The lowest BCUT2D eigenvalue weighted by Crippen LogP contribution is -2.50. The standard InChI is InChI=1S/C20H23ClN4O10S2/c1-9-4-12(36(30,31)32)6-15(10(9)2)24-20(29)25-17(18(26)27)8-22-19(28)23-16-7-13(37(33,34)35)5-14(21)11(16)3/h4-7,17H,8H2,1-3H3,(H,26,27)(H2,22,23,28)(H2,24,25,29)(H,30,31,32)(H,33,34,35). The molecule has 0 spiro atoms. The summed E-state index contributed by atoms with van der Waals surface area (Å²) in [7, 11) is -9.20. The molecule has 0 radical (unpaired) electrons. The average Bonchev–Trinajstić information content (AvgIpc) is 2.75. The second kappa shape index (κ2) is 11.3. The number of nitrogens with one attached hydrogen (secondary N) is 4. The Hall–Kier alpha value is -3.44. The Labute approximate surface area is 216 Å². The van der Waals surface area contributed by atoms with Crippen LogP contribution in [0.3, 0.4) is 0 Å². The minimum absolute atomic E-state index is 0.00830. The van der Waals surface area contributed by atoms with Gasteiger partial charge < -0.3 is 26.4 Å². The van der Waals surface area contributed by atoms with Crippen LogP contribution in [-0.2, 0) is 25.0 Å². The molecule has 0 bridgehead atoms. The van der Waals surface area contributed by atoms with Crippen LogP contribution in [0.25, 0.3) is 0 Å². The summed E-state index contributed by atoms with van der Waals surface area (Å²) in [5, 5.41) is 18.2. The normalized spacial score (nSPS) is 12.4. The van der Waals surface area contributed by atoms with Crippen LogP contribution in [0.15, 0.2) is 34.1 Å². The summed E-state index contributed by atoms with van der Waals surface area (Å²) in [4.78, 5) is 35.2. The predicted molar refractivity (Wildman–Crippen MR) is 132 cm³/mol. The van der Waals surface area contributed by atoms with Gasteiger partial charge in [-0.15, -0.1) is 0 Å². The van der Waals surface area contributed by atoms with Gasteiger partial charge in [-0.05, 0) is 61.7 Å². The highest BCUT2D eigenvalue weighted by Crippen LogP contribution is 2.28. The number of carboxylic acid groups (broad SMARTS) is 1. The number of carboxylic acids is 1. The second-order valence-corrected chi connectivity index (χ2v) is 11.0. The summed E-state index contributed by atoms with van der Waals surface area (Å²) in [6.07, 6.45) is 0. The molecule has 7 N–H and O–H groups in total. The molecule has 0 aliphatic heterocycles. The number of aliphatic carboxylic acids is 1. The fourth-order valence-electron chi connectivity index (χ4n) is 2.92. The van der Waals surface area contributed by atoms with E-state index in [-0.39, 0.29) is 22.0 Å². The van der Waals surface area contributed by atoms with E-state index in [1.54, 1.807) is 6.92 Å². The Kier molecular flexibility index (Phi) is 9.10. The van der Waals surface area contributed by atoms with Crippen LogP contribution >= 0.6 is 11.6 Å². The summed E-state index contributed by atoms with van der Waals surface area (Å²) >= 11 is 5.93. The maximum absolute atomic E-state index is 12.4. The molecule has 2 aromatic carbocycles. The number of benzene rings is 2. The van der Waals surface area contributed by atoms with Gasteiger partial charge in [0, 0.05) is 16.4 Å². The molecule has 37 heavy (non-hydrogen) atoms. The third kappa shape index (κ3) is 8.02. The van der Waals surface area contributed by atoms with E-state index in [4.69, 9.17) is 11.6 Å². The first-order valence-electron chi connectivity index (χ1n) is 10.1. The van der Waals surface area contributed by atoms with Crippen molar-refractivity contribution in [1.82, 2.24) is 10.6 Å². The van der Waals surface area contributed by atoms with E-state index in [1.807, 2.05) is 0 Å². The Morgan fingerprint density at radius 3 is 1.84 bits per heavy atom. The Morgan fingerprint density at radius 1 is 0.838 bits per heavy atom. The van der Waals surface area contributed by atoms with Crippen LogP contribution in [0.1, 0.15) is 16.7 Å². The molecule has 202 valence electrons. The number of anilines is 2. The summed E-state index contributed by atoms with van der Waals surface area (Å²) in [5.41, 5.74) is 1.04. The third-order valence-electron chi connectivity index (χ3n) is 5.12. The van der Waals surface area contributed by atoms with Gasteiger partial charge >= 0.3 is 18.0 Å². The molecule has 17 heteroatoms. The molecule has 0 heterocycles. The summed E-state index contributed by atoms with van der Waals surface area (Å²) in [6.45, 7) is 3.93. The van der Waals surface area contributed by atoms with Crippen molar-refractivity contribution in [3.63, 3.8) is 0 Å². The van der Waals surface area contributed by atoms with Gasteiger partial charge in [-0.1, -0.05) is 11.6 Å². The molecule has 0 aliphatic rings. The number of carbonyl (C=O) groups is 3. The molecule has 0 aliphatic carbocycles. The van der Waals surface area contributed by atoms with Crippen LogP contribution in [-0.4, -0.2) is 61.7 Å². The minimum Gasteiger partial charge on any atom is -0.480 e. The fourth-order valence-corrected chi connectivity index (χ4v) is 4.33. The van der Waals surface area contributed by atoms with Crippen molar-refractivity contribution in [3.8, 4) is 0 Å². The van der Waals surface area contributed by atoms with E-state index in [0.717, 1.165) is 18.2 Å². The van der Waals surface area contributed by atoms with E-state index >= 15 is 0 Å². The molecule has 4 amide bonds. The fraction of sp³-hybridized carbons (Fsp3) is 0.250. The number of halogens is 1. The first-order chi connectivity index (χ1) is 16.9. The Balaban J connectivity index is 2.11. The molecule has 1 atom stereocenters. The molecule has 2 aromatic rings. The number of hydrogen-bond acceptors (Lipinski definition) is 7. The van der Waals surface area contributed by atoms with Crippen molar-refractivity contribution in [3.05, 3.63) is 46.0 Å². The third-order valence-corrected chi connectivity index (χ3v) is 7.18. The van der Waals surface area contributed by atoms with Crippen molar-refractivity contribution in [1.29, 1.82) is 0 Å². The maximum Gasteiger partial charge on any atom is 0.328 e. The predicted octanol–water partition coefficient (Wildman–Crippen LogP) is 2.16. The van der Waals surface area contributed by atoms with Gasteiger partial charge in [0.15, 0.2) is 0 Å². The van der Waals surface area contributed by atoms with Gasteiger partial charge in [-0.25, -0.2) is 14.4 Å². The van der Waals surface area contributed by atoms with Crippen LogP contribution < -0.4 is 21.3 Å². The summed E-state index contributed by atoms with van der Waals surface area (Å²) in [5.74, 6) is -1.53. The number of aryl methyl sites for hydroxylation is 1. The summed E-state index contributed by atoms with van der Waals surface area (Å²) < 4.78 is 64.1. The topological polar surface area (TPSA) is 228 Å². The number of amides is 4. The largest absolute Gasteiger partial charge is 0.480 e. The van der Waals surface area contributed by atoms with E-state index in [1.165, 1.54) is 19.9 Å². The quantitative estimate of drug-likeness (QED) is 0.226. The SMILES string of the molecule is Cc1cc(S(=O)(=O)O)cc(NC(=O)NC(CNC(=O)Nc2cc(S(=O)(=O)O)cc(Cl)c2C)C(=O)O)c1C. The molecule has 2 rings (SSSR count). The number of urea groups is 2. The lowest BCUT2D eigenvalue weighted by atomic mass is 10.1. The molecule has 1 unspecified atom stereocenters. The Morgan fingerprint density at radius 2 is 1.32 bits per heavy atom. The van der Waals surface area contributed by atoms with Crippen LogP contribution in [0.2, 0.25) is 5.02 Å². The van der Waals surface area contributed by atoms with E-state index in [9.17, 15) is 45.4 Å². The van der Waals surface area contributed by atoms with E-state index in [2.05, 4.69) is 21.3 Å². The van der Waals surface area contributed by atoms with Crippen LogP contribution in [0, 0.1) is 20.8 Å². The van der Waals surface area contributed by atoms with Crippen molar-refractivity contribution >= 4 is 61.2 Å². The van der Waals surface area contributed by atoms with Gasteiger partial charge in [0.2, 0.25) is 0 Å². The van der Waals surface area contributed by atoms with Gasteiger partial charge in [-0.3, -0.25) is 9.11 Å². The zero-order valence-electron chi connectivity index (χ0n) is 19.5. The van der Waals surface area contributed by atoms with E-state index < -0.39 is 60.6 Å². The lowest BCUT2D eigenvalue weighted by molar-refractivity contribution is -0.138. The zero-order chi connectivity index (χ0) is 28.3. The summed E-state index contributed by atoms with van der Waals surface area (Å²) in [6, 6.07) is 0.435. The van der Waals surface area contributed by atoms with Gasteiger partial charge in [0.1, 0.15) is 6.04 Å².